The zero-order valence-corrected chi connectivity index (χ0v) is 15.8. The Hall–Kier alpha value is -1.84. The first-order valence-electron chi connectivity index (χ1n) is 8.59. The fourth-order valence-electron chi connectivity index (χ4n) is 3.38. The maximum absolute atomic E-state index is 13.2. The van der Waals surface area contributed by atoms with Crippen molar-refractivity contribution < 1.29 is 27.4 Å². The van der Waals surface area contributed by atoms with Gasteiger partial charge in [-0.2, -0.15) is 4.31 Å². The second kappa shape index (κ2) is 7.81. The highest BCUT2D eigenvalue weighted by Gasteiger charge is 2.42. The predicted molar refractivity (Wildman–Crippen MR) is 93.9 cm³/mol. The highest BCUT2D eigenvalue weighted by molar-refractivity contribution is 7.89. The minimum Gasteiger partial charge on any atom is -0.497 e. The fraction of sp³-hybridized carbons (Fsp3) is 0.588. The Morgan fingerprint density at radius 1 is 1.15 bits per heavy atom. The molecule has 2 aliphatic heterocycles. The van der Waals surface area contributed by atoms with Crippen LogP contribution in [0.1, 0.15) is 12.8 Å². The predicted octanol–water partition coefficient (Wildman–Crippen LogP) is 0.716. The van der Waals surface area contributed by atoms with Crippen molar-refractivity contribution in [2.24, 2.45) is 0 Å². The Kier molecular flexibility index (Phi) is 5.69. The molecule has 0 aliphatic carbocycles. The summed E-state index contributed by atoms with van der Waals surface area (Å²) in [7, 11) is -0.954. The highest BCUT2D eigenvalue weighted by Crippen LogP contribution is 2.34. The number of hydrogen-bond donors (Lipinski definition) is 0. The fourth-order valence-corrected chi connectivity index (χ4v) is 5.17. The molecule has 2 fully saturated rings. The molecule has 0 radical (unpaired) electrons. The lowest BCUT2D eigenvalue weighted by Crippen LogP contribution is -2.51. The summed E-state index contributed by atoms with van der Waals surface area (Å²) in [4.78, 5) is 14.6. The number of methoxy groups -OCH3 is 2. The number of ether oxygens (including phenoxy) is 3. The normalized spacial score (nSPS) is 21.6. The van der Waals surface area contributed by atoms with Crippen LogP contribution in [0.2, 0.25) is 0 Å². The van der Waals surface area contributed by atoms with E-state index in [1.54, 1.807) is 11.0 Å². The summed E-state index contributed by atoms with van der Waals surface area (Å²) in [6.45, 7) is 2.28. The van der Waals surface area contributed by atoms with E-state index >= 15 is 0 Å². The van der Waals surface area contributed by atoms with Gasteiger partial charge in [-0.3, -0.25) is 4.79 Å². The molecule has 1 atom stereocenters. The summed E-state index contributed by atoms with van der Waals surface area (Å²) < 4.78 is 43.4. The number of sulfonamides is 1. The Balaban J connectivity index is 1.89. The largest absolute Gasteiger partial charge is 0.497 e. The first-order valence-corrected chi connectivity index (χ1v) is 10.0. The minimum atomic E-state index is -3.87. The van der Waals surface area contributed by atoms with E-state index in [0.29, 0.717) is 51.4 Å². The zero-order valence-electron chi connectivity index (χ0n) is 15.0. The number of rotatable bonds is 5. The van der Waals surface area contributed by atoms with Crippen molar-refractivity contribution in [1.29, 1.82) is 0 Å². The standard InChI is InChI=1S/C17H24N2O6S/c1-23-13-5-6-16(15(12-13)24-2)26(21,22)19-7-3-4-14(19)17(20)18-8-10-25-11-9-18/h5-6,12,14H,3-4,7-11H2,1-2H3/t14-/m0/s1. The molecule has 2 aliphatic rings. The van der Waals surface area contributed by atoms with Gasteiger partial charge in [0.15, 0.2) is 0 Å². The molecule has 3 rings (SSSR count). The molecule has 0 bridgehead atoms. The molecular formula is C17H24N2O6S. The topological polar surface area (TPSA) is 85.4 Å². The summed E-state index contributed by atoms with van der Waals surface area (Å²) in [5, 5.41) is 0. The average Bonchev–Trinajstić information content (AvgIpc) is 3.18. The van der Waals surface area contributed by atoms with Crippen molar-refractivity contribution in [2.75, 3.05) is 47.1 Å². The van der Waals surface area contributed by atoms with Gasteiger partial charge >= 0.3 is 0 Å². The van der Waals surface area contributed by atoms with E-state index in [1.165, 1.54) is 30.7 Å². The van der Waals surface area contributed by atoms with Crippen molar-refractivity contribution in [3.8, 4) is 11.5 Å². The smallest absolute Gasteiger partial charge is 0.247 e. The summed E-state index contributed by atoms with van der Waals surface area (Å²) >= 11 is 0. The SMILES string of the molecule is COc1ccc(S(=O)(=O)N2CCC[C@H]2C(=O)N2CCOCC2)c(OC)c1. The minimum absolute atomic E-state index is 0.0440. The Morgan fingerprint density at radius 2 is 1.88 bits per heavy atom. The van der Waals surface area contributed by atoms with Crippen LogP contribution >= 0.6 is 0 Å². The lowest BCUT2D eigenvalue weighted by molar-refractivity contribution is -0.138. The molecule has 1 aromatic rings. The molecular weight excluding hydrogens is 360 g/mol. The Labute approximate surface area is 153 Å². The van der Waals surface area contributed by atoms with Crippen molar-refractivity contribution in [3.63, 3.8) is 0 Å². The van der Waals surface area contributed by atoms with Crippen LogP contribution in [0.15, 0.2) is 23.1 Å². The van der Waals surface area contributed by atoms with Gasteiger partial charge in [0.05, 0.1) is 27.4 Å². The number of nitrogens with zero attached hydrogens (tertiary/aromatic N) is 2. The first kappa shape index (κ1) is 18.9. The second-order valence-corrected chi connectivity index (χ2v) is 8.09. The zero-order chi connectivity index (χ0) is 18.7. The molecule has 0 spiro atoms. The molecule has 0 N–H and O–H groups in total. The number of amides is 1. The van der Waals surface area contributed by atoms with Crippen LogP contribution in [0.3, 0.4) is 0 Å². The molecule has 1 amide bonds. The van der Waals surface area contributed by atoms with Gasteiger partial charge in [0, 0.05) is 25.7 Å². The van der Waals surface area contributed by atoms with Crippen molar-refractivity contribution >= 4 is 15.9 Å². The Bertz CT molecular complexity index is 761. The third kappa shape index (κ3) is 3.51. The summed E-state index contributed by atoms with van der Waals surface area (Å²) in [5.74, 6) is 0.554. The summed E-state index contributed by atoms with van der Waals surface area (Å²) in [5.41, 5.74) is 0. The van der Waals surface area contributed by atoms with Crippen LogP contribution in [0.25, 0.3) is 0 Å². The number of hydrogen-bond acceptors (Lipinski definition) is 6. The molecule has 2 heterocycles. The van der Waals surface area contributed by atoms with Gasteiger partial charge in [-0.15, -0.1) is 0 Å². The van der Waals surface area contributed by atoms with E-state index < -0.39 is 16.1 Å². The van der Waals surface area contributed by atoms with E-state index in [9.17, 15) is 13.2 Å². The van der Waals surface area contributed by atoms with Gasteiger partial charge in [-0.05, 0) is 25.0 Å². The Morgan fingerprint density at radius 3 is 2.54 bits per heavy atom. The molecule has 0 unspecified atom stereocenters. The van der Waals surface area contributed by atoms with Crippen molar-refractivity contribution in [1.82, 2.24) is 9.21 Å². The molecule has 0 saturated carbocycles. The molecule has 0 aromatic heterocycles. The highest BCUT2D eigenvalue weighted by atomic mass is 32.2. The maximum Gasteiger partial charge on any atom is 0.247 e. The van der Waals surface area contributed by atoms with Gasteiger partial charge in [-0.25, -0.2) is 8.42 Å². The lowest BCUT2D eigenvalue weighted by atomic mass is 10.2. The summed E-state index contributed by atoms with van der Waals surface area (Å²) in [6, 6.07) is 3.89. The van der Waals surface area contributed by atoms with E-state index in [1.807, 2.05) is 0 Å². The quantitative estimate of drug-likeness (QED) is 0.744. The average molecular weight is 384 g/mol. The molecule has 26 heavy (non-hydrogen) atoms. The number of carbonyl (C=O) groups excluding carboxylic acids is 1. The van der Waals surface area contributed by atoms with E-state index in [2.05, 4.69) is 0 Å². The monoisotopic (exact) mass is 384 g/mol. The van der Waals surface area contributed by atoms with Crippen LogP contribution < -0.4 is 9.47 Å². The van der Waals surface area contributed by atoms with Crippen LogP contribution in [-0.2, 0) is 19.6 Å². The van der Waals surface area contributed by atoms with Crippen LogP contribution in [0.4, 0.5) is 0 Å². The summed E-state index contributed by atoms with van der Waals surface area (Å²) in [6.07, 6.45) is 1.17. The van der Waals surface area contributed by atoms with E-state index in [4.69, 9.17) is 14.2 Å². The second-order valence-electron chi connectivity index (χ2n) is 6.23. The van der Waals surface area contributed by atoms with Gasteiger partial charge < -0.3 is 19.1 Å². The van der Waals surface area contributed by atoms with E-state index in [-0.39, 0.29) is 16.6 Å². The van der Waals surface area contributed by atoms with Gasteiger partial charge in [-0.1, -0.05) is 0 Å². The third-order valence-electron chi connectivity index (χ3n) is 4.77. The molecule has 1 aromatic carbocycles. The van der Waals surface area contributed by atoms with Crippen LogP contribution in [0, 0.1) is 0 Å². The van der Waals surface area contributed by atoms with Gasteiger partial charge in [0.1, 0.15) is 22.4 Å². The number of benzene rings is 1. The van der Waals surface area contributed by atoms with Crippen molar-refractivity contribution in [2.45, 2.75) is 23.8 Å². The number of morpholine rings is 1. The molecule has 9 heteroatoms. The van der Waals surface area contributed by atoms with Gasteiger partial charge in [0.2, 0.25) is 15.9 Å². The molecule has 144 valence electrons. The van der Waals surface area contributed by atoms with Crippen LogP contribution in [0.5, 0.6) is 11.5 Å². The van der Waals surface area contributed by atoms with Gasteiger partial charge in [0.25, 0.3) is 0 Å². The lowest BCUT2D eigenvalue weighted by Gasteiger charge is -2.32. The number of carbonyl (C=O) groups is 1. The molecule has 8 nitrogen and oxygen atoms in total. The first-order chi connectivity index (χ1) is 12.5. The van der Waals surface area contributed by atoms with Crippen molar-refractivity contribution in [3.05, 3.63) is 18.2 Å². The maximum atomic E-state index is 13.2. The van der Waals surface area contributed by atoms with E-state index in [0.717, 1.165) is 0 Å². The molecule has 2 saturated heterocycles. The third-order valence-corrected chi connectivity index (χ3v) is 6.72. The van der Waals surface area contributed by atoms with Crippen LogP contribution in [-0.4, -0.2) is 76.6 Å².